The predicted octanol–water partition coefficient (Wildman–Crippen LogP) is 6.07. The SMILES string of the molecule is CC(O[C@H]1CCCN[C@H]1c1ccc(F)cc1)c1cc(C(F)(F)F)ccc1Cl. The van der Waals surface area contributed by atoms with E-state index in [9.17, 15) is 17.6 Å². The van der Waals surface area contributed by atoms with E-state index in [1.807, 2.05) is 0 Å². The largest absolute Gasteiger partial charge is 0.416 e. The first-order chi connectivity index (χ1) is 12.8. The Labute approximate surface area is 160 Å². The molecular formula is C20H20ClF4NO. The third-order valence-electron chi connectivity index (χ3n) is 4.77. The molecule has 3 rings (SSSR count). The van der Waals surface area contributed by atoms with Gasteiger partial charge in [-0.25, -0.2) is 4.39 Å². The Morgan fingerprint density at radius 3 is 2.52 bits per heavy atom. The molecule has 0 saturated carbocycles. The van der Waals surface area contributed by atoms with Crippen molar-refractivity contribution in [1.82, 2.24) is 5.32 Å². The lowest BCUT2D eigenvalue weighted by Gasteiger charge is -2.35. The van der Waals surface area contributed by atoms with Gasteiger partial charge in [0.1, 0.15) is 5.82 Å². The van der Waals surface area contributed by atoms with Crippen LogP contribution in [0.1, 0.15) is 48.6 Å². The van der Waals surface area contributed by atoms with Crippen LogP contribution in [-0.2, 0) is 10.9 Å². The molecule has 1 saturated heterocycles. The maximum absolute atomic E-state index is 13.2. The highest BCUT2D eigenvalue weighted by molar-refractivity contribution is 6.31. The monoisotopic (exact) mass is 401 g/mol. The summed E-state index contributed by atoms with van der Waals surface area (Å²) in [5, 5.41) is 3.59. The molecule has 27 heavy (non-hydrogen) atoms. The lowest BCUT2D eigenvalue weighted by Crippen LogP contribution is -2.39. The summed E-state index contributed by atoms with van der Waals surface area (Å²) >= 11 is 6.13. The molecule has 0 aliphatic carbocycles. The molecule has 1 N–H and O–H groups in total. The van der Waals surface area contributed by atoms with E-state index in [0.717, 1.165) is 37.1 Å². The van der Waals surface area contributed by atoms with Crippen LogP contribution >= 0.6 is 11.6 Å². The van der Waals surface area contributed by atoms with Gasteiger partial charge in [0, 0.05) is 5.02 Å². The summed E-state index contributed by atoms with van der Waals surface area (Å²) in [5.74, 6) is -0.323. The van der Waals surface area contributed by atoms with E-state index in [1.165, 1.54) is 18.2 Å². The molecule has 1 fully saturated rings. The number of piperidine rings is 1. The molecule has 1 aliphatic heterocycles. The second-order valence-corrected chi connectivity index (χ2v) is 7.08. The lowest BCUT2D eigenvalue weighted by atomic mass is 9.94. The van der Waals surface area contributed by atoms with E-state index in [0.29, 0.717) is 5.56 Å². The molecule has 7 heteroatoms. The number of nitrogens with one attached hydrogen (secondary N) is 1. The Kier molecular flexibility index (Phi) is 6.08. The molecular weight excluding hydrogens is 382 g/mol. The van der Waals surface area contributed by atoms with Gasteiger partial charge in [-0.15, -0.1) is 0 Å². The number of hydrogen-bond acceptors (Lipinski definition) is 2. The van der Waals surface area contributed by atoms with Gasteiger partial charge in [-0.05, 0) is 67.8 Å². The van der Waals surface area contributed by atoms with E-state index in [4.69, 9.17) is 16.3 Å². The molecule has 0 spiro atoms. The minimum Gasteiger partial charge on any atom is -0.369 e. The highest BCUT2D eigenvalue weighted by atomic mass is 35.5. The second-order valence-electron chi connectivity index (χ2n) is 6.68. The van der Waals surface area contributed by atoms with Gasteiger partial charge in [0.25, 0.3) is 0 Å². The van der Waals surface area contributed by atoms with Crippen LogP contribution < -0.4 is 5.32 Å². The Hall–Kier alpha value is -1.63. The number of ether oxygens (including phenoxy) is 1. The van der Waals surface area contributed by atoms with Crippen LogP contribution in [0.2, 0.25) is 5.02 Å². The molecule has 2 nitrogen and oxygen atoms in total. The van der Waals surface area contributed by atoms with E-state index in [2.05, 4.69) is 5.32 Å². The number of halogens is 5. The molecule has 3 atom stereocenters. The first-order valence-electron chi connectivity index (χ1n) is 8.76. The summed E-state index contributed by atoms with van der Waals surface area (Å²) < 4.78 is 58.4. The van der Waals surface area contributed by atoms with Crippen LogP contribution in [-0.4, -0.2) is 12.6 Å². The lowest BCUT2D eigenvalue weighted by molar-refractivity contribution is -0.137. The van der Waals surface area contributed by atoms with Crippen LogP contribution in [0, 0.1) is 5.82 Å². The van der Waals surface area contributed by atoms with Crippen molar-refractivity contribution in [3.63, 3.8) is 0 Å². The summed E-state index contributed by atoms with van der Waals surface area (Å²) in [4.78, 5) is 0. The van der Waals surface area contributed by atoms with Gasteiger partial charge < -0.3 is 10.1 Å². The highest BCUT2D eigenvalue weighted by Crippen LogP contribution is 2.37. The van der Waals surface area contributed by atoms with E-state index < -0.39 is 17.8 Å². The van der Waals surface area contributed by atoms with Crippen LogP contribution in [0.25, 0.3) is 0 Å². The molecule has 0 bridgehead atoms. The number of rotatable bonds is 4. The van der Waals surface area contributed by atoms with Crippen molar-refractivity contribution < 1.29 is 22.3 Å². The molecule has 0 radical (unpaired) electrons. The van der Waals surface area contributed by atoms with Crippen molar-refractivity contribution in [2.45, 2.75) is 44.2 Å². The normalized spacial score (nSPS) is 21.9. The summed E-state index contributed by atoms with van der Waals surface area (Å²) in [6.45, 7) is 2.48. The summed E-state index contributed by atoms with van der Waals surface area (Å²) in [6, 6.07) is 9.24. The maximum atomic E-state index is 13.2. The first kappa shape index (κ1) is 20.1. The number of hydrogen-bond donors (Lipinski definition) is 1. The minimum absolute atomic E-state index is 0.161. The first-order valence-corrected chi connectivity index (χ1v) is 9.14. The fourth-order valence-electron chi connectivity index (χ4n) is 3.38. The summed E-state index contributed by atoms with van der Waals surface area (Å²) in [6.07, 6.45) is -3.69. The van der Waals surface area contributed by atoms with Crippen molar-refractivity contribution in [3.05, 3.63) is 70.0 Å². The molecule has 2 aromatic carbocycles. The van der Waals surface area contributed by atoms with Gasteiger partial charge >= 0.3 is 6.18 Å². The molecule has 0 aromatic heterocycles. The Morgan fingerprint density at radius 1 is 1.15 bits per heavy atom. The van der Waals surface area contributed by atoms with E-state index in [1.54, 1.807) is 19.1 Å². The second kappa shape index (κ2) is 8.17. The zero-order valence-electron chi connectivity index (χ0n) is 14.7. The Morgan fingerprint density at radius 2 is 1.85 bits per heavy atom. The Balaban J connectivity index is 1.81. The third-order valence-corrected chi connectivity index (χ3v) is 5.11. The topological polar surface area (TPSA) is 21.3 Å². The van der Waals surface area contributed by atoms with E-state index >= 15 is 0 Å². The molecule has 1 heterocycles. The average molecular weight is 402 g/mol. The van der Waals surface area contributed by atoms with Crippen molar-refractivity contribution in [1.29, 1.82) is 0 Å². The van der Waals surface area contributed by atoms with Crippen LogP contribution in [0.3, 0.4) is 0 Å². The van der Waals surface area contributed by atoms with Crippen molar-refractivity contribution in [2.24, 2.45) is 0 Å². The fraction of sp³-hybridized carbons (Fsp3) is 0.400. The van der Waals surface area contributed by atoms with Gasteiger partial charge in [-0.3, -0.25) is 0 Å². The standard InChI is InChI=1S/C20H20ClF4NO/c1-12(16-11-14(20(23,24)25)6-9-17(16)21)27-18-3-2-10-26-19(18)13-4-7-15(22)8-5-13/h4-9,11-12,18-19,26H,2-3,10H2,1H3/t12?,18-,19-/m0/s1. The van der Waals surface area contributed by atoms with Gasteiger partial charge in [-0.1, -0.05) is 23.7 Å². The summed E-state index contributed by atoms with van der Waals surface area (Å²) in [7, 11) is 0. The van der Waals surface area contributed by atoms with Gasteiger partial charge in [0.05, 0.1) is 23.8 Å². The molecule has 146 valence electrons. The van der Waals surface area contributed by atoms with E-state index in [-0.39, 0.29) is 23.0 Å². The fourth-order valence-corrected chi connectivity index (χ4v) is 3.65. The van der Waals surface area contributed by atoms with Gasteiger partial charge in [0.15, 0.2) is 0 Å². The van der Waals surface area contributed by atoms with Crippen molar-refractivity contribution in [3.8, 4) is 0 Å². The third kappa shape index (κ3) is 4.81. The van der Waals surface area contributed by atoms with Crippen LogP contribution in [0.15, 0.2) is 42.5 Å². The summed E-state index contributed by atoms with van der Waals surface area (Å²) in [5.41, 5.74) is 0.424. The average Bonchev–Trinajstić information content (AvgIpc) is 2.62. The maximum Gasteiger partial charge on any atom is 0.416 e. The van der Waals surface area contributed by atoms with Crippen LogP contribution in [0.4, 0.5) is 17.6 Å². The van der Waals surface area contributed by atoms with Gasteiger partial charge in [0.2, 0.25) is 0 Å². The zero-order chi connectivity index (χ0) is 19.6. The Bertz CT molecular complexity index is 779. The molecule has 1 aliphatic rings. The quantitative estimate of drug-likeness (QED) is 0.628. The molecule has 1 unspecified atom stereocenters. The zero-order valence-corrected chi connectivity index (χ0v) is 15.4. The van der Waals surface area contributed by atoms with Crippen molar-refractivity contribution in [2.75, 3.05) is 6.54 Å². The number of alkyl halides is 3. The van der Waals surface area contributed by atoms with Gasteiger partial charge in [-0.2, -0.15) is 13.2 Å². The number of benzene rings is 2. The predicted molar refractivity (Wildman–Crippen MR) is 96.1 cm³/mol. The smallest absolute Gasteiger partial charge is 0.369 e. The molecule has 2 aromatic rings. The molecule has 0 amide bonds. The van der Waals surface area contributed by atoms with Crippen LogP contribution in [0.5, 0.6) is 0 Å². The van der Waals surface area contributed by atoms with Crippen molar-refractivity contribution >= 4 is 11.6 Å². The highest BCUT2D eigenvalue weighted by Gasteiger charge is 2.33. The minimum atomic E-state index is -4.44.